The van der Waals surface area contributed by atoms with Crippen molar-refractivity contribution in [1.82, 2.24) is 0 Å². The summed E-state index contributed by atoms with van der Waals surface area (Å²) in [5.41, 5.74) is 9.81. The second kappa shape index (κ2) is 10.5. The third-order valence-corrected chi connectivity index (χ3v) is 8.74. The quantitative estimate of drug-likeness (QED) is 0.213. The molecule has 1 aliphatic carbocycles. The molecule has 7 nitrogen and oxygen atoms in total. The molecule has 0 unspecified atom stereocenters. The van der Waals surface area contributed by atoms with Gasteiger partial charge in [0.05, 0.1) is 18.6 Å². The number of allylic oxidation sites excluding steroid dienone is 1. The molecule has 2 rings (SSSR count). The number of sulfone groups is 2. The topological polar surface area (TPSA) is 114 Å². The SMILES string of the molecule is COc1ccc(C=CCS(=O)(=O)C(=[N+]=[N-])S(=O)(=O)CC=CC2CCCCC2)cc1. The van der Waals surface area contributed by atoms with Crippen LogP contribution >= 0.6 is 0 Å². The van der Waals surface area contributed by atoms with Gasteiger partial charge in [0.2, 0.25) is 0 Å². The number of hydrogen-bond donors (Lipinski definition) is 0. The van der Waals surface area contributed by atoms with Crippen LogP contribution < -0.4 is 4.74 Å². The molecule has 0 radical (unpaired) electrons. The summed E-state index contributed by atoms with van der Waals surface area (Å²) in [6.45, 7) is 0. The number of ether oxygens (including phenoxy) is 1. The van der Waals surface area contributed by atoms with E-state index in [1.54, 1.807) is 30.3 Å². The molecule has 1 saturated carbocycles. The van der Waals surface area contributed by atoms with E-state index in [1.807, 2.05) is 6.08 Å². The highest BCUT2D eigenvalue weighted by atomic mass is 32.3. The molecule has 0 amide bonds. The third kappa shape index (κ3) is 6.96. The smallest absolute Gasteiger partial charge is 0.495 e. The summed E-state index contributed by atoms with van der Waals surface area (Å²) in [4.78, 5) is 2.60. The average Bonchev–Trinajstić information content (AvgIpc) is 2.69. The molecule has 0 bridgehead atoms. The van der Waals surface area contributed by atoms with Gasteiger partial charge in [0.15, 0.2) is 0 Å². The fraction of sp³-hybridized carbons (Fsp3) is 0.450. The van der Waals surface area contributed by atoms with Gasteiger partial charge < -0.3 is 10.3 Å². The van der Waals surface area contributed by atoms with E-state index < -0.39 is 35.6 Å². The van der Waals surface area contributed by atoms with Gasteiger partial charge in [-0.3, -0.25) is 0 Å². The fourth-order valence-electron chi connectivity index (χ4n) is 3.19. The maximum Gasteiger partial charge on any atom is 0.495 e. The lowest BCUT2D eigenvalue weighted by Gasteiger charge is -2.17. The standard InChI is InChI=1S/C20H26N2O5S2/c1-27-19-13-11-18(12-14-19)10-6-16-29(25,26)20(22-21)28(23,24)15-5-9-17-7-3-2-4-8-17/h5-6,9-14,17H,2-4,7-8,15-16H2,1H3. The van der Waals surface area contributed by atoms with E-state index in [4.69, 9.17) is 10.3 Å². The Morgan fingerprint density at radius 1 is 1.03 bits per heavy atom. The largest absolute Gasteiger partial charge is 0.497 e. The van der Waals surface area contributed by atoms with Crippen molar-refractivity contribution in [3.05, 3.63) is 53.6 Å². The second-order valence-corrected chi connectivity index (χ2v) is 11.1. The zero-order valence-corrected chi connectivity index (χ0v) is 18.0. The normalized spacial score (nSPS) is 16.2. The molecule has 0 aromatic heterocycles. The molecule has 0 spiro atoms. The minimum Gasteiger partial charge on any atom is -0.497 e. The minimum absolute atomic E-state index is 0.317. The van der Waals surface area contributed by atoms with E-state index in [0.29, 0.717) is 11.7 Å². The van der Waals surface area contributed by atoms with Gasteiger partial charge in [-0.25, -0.2) is 16.8 Å². The Labute approximate surface area is 172 Å². The van der Waals surface area contributed by atoms with E-state index in [2.05, 4.69) is 4.79 Å². The third-order valence-electron chi connectivity index (χ3n) is 4.73. The van der Waals surface area contributed by atoms with Crippen LogP contribution in [0.5, 0.6) is 5.75 Å². The zero-order chi connectivity index (χ0) is 21.3. The highest BCUT2D eigenvalue weighted by molar-refractivity contribution is 8.31. The highest BCUT2D eigenvalue weighted by Crippen LogP contribution is 2.24. The van der Waals surface area contributed by atoms with Crippen molar-refractivity contribution < 1.29 is 26.4 Å². The summed E-state index contributed by atoms with van der Waals surface area (Å²) in [5.74, 6) is -0.122. The van der Waals surface area contributed by atoms with Gasteiger partial charge in [-0.2, -0.15) is 0 Å². The van der Waals surface area contributed by atoms with Crippen molar-refractivity contribution in [2.24, 2.45) is 5.92 Å². The lowest BCUT2D eigenvalue weighted by molar-refractivity contribution is 0.00385. The van der Waals surface area contributed by atoms with Crippen molar-refractivity contribution in [3.63, 3.8) is 0 Å². The Morgan fingerprint density at radius 2 is 1.62 bits per heavy atom. The van der Waals surface area contributed by atoms with Crippen LogP contribution in [0.1, 0.15) is 37.7 Å². The number of nitrogens with zero attached hydrogens (tertiary/aromatic N) is 2. The molecule has 29 heavy (non-hydrogen) atoms. The van der Waals surface area contributed by atoms with Crippen LogP contribution in [0.15, 0.2) is 42.5 Å². The zero-order valence-electron chi connectivity index (χ0n) is 16.4. The minimum atomic E-state index is -4.30. The molecule has 0 heterocycles. The summed E-state index contributed by atoms with van der Waals surface area (Å²) in [6.07, 6.45) is 11.6. The van der Waals surface area contributed by atoms with Gasteiger partial charge in [0.25, 0.3) is 19.7 Å². The number of hydrogen-bond acceptors (Lipinski definition) is 5. The molecular formula is C20H26N2O5S2. The van der Waals surface area contributed by atoms with E-state index >= 15 is 0 Å². The summed E-state index contributed by atoms with van der Waals surface area (Å²) in [6, 6.07) is 6.90. The Balaban J connectivity index is 2.04. The van der Waals surface area contributed by atoms with Gasteiger partial charge in [-0.1, -0.05) is 55.7 Å². The molecule has 0 aliphatic heterocycles. The lowest BCUT2D eigenvalue weighted by atomic mass is 9.89. The van der Waals surface area contributed by atoms with E-state index in [-0.39, 0.29) is 0 Å². The Morgan fingerprint density at radius 3 is 2.17 bits per heavy atom. The van der Waals surface area contributed by atoms with Crippen molar-refractivity contribution in [1.29, 1.82) is 0 Å². The summed E-state index contributed by atoms with van der Waals surface area (Å²) >= 11 is 0. The molecule has 1 aliphatic rings. The maximum absolute atomic E-state index is 12.4. The number of rotatable bonds is 7. The molecule has 0 saturated heterocycles. The first-order valence-electron chi connectivity index (χ1n) is 9.43. The Kier molecular flexibility index (Phi) is 8.37. The van der Waals surface area contributed by atoms with Crippen LogP contribution in [-0.2, 0) is 19.7 Å². The van der Waals surface area contributed by atoms with Crippen molar-refractivity contribution >= 4 is 30.1 Å². The molecule has 9 heteroatoms. The van der Waals surface area contributed by atoms with Crippen LogP contribution in [0.2, 0.25) is 0 Å². The van der Waals surface area contributed by atoms with E-state index in [0.717, 1.165) is 31.2 Å². The summed E-state index contributed by atoms with van der Waals surface area (Å²) < 4.78 is 53.4. The molecule has 1 aromatic carbocycles. The van der Waals surface area contributed by atoms with Gasteiger partial charge in [0.1, 0.15) is 5.75 Å². The van der Waals surface area contributed by atoms with Gasteiger partial charge in [0, 0.05) is 0 Å². The summed E-state index contributed by atoms with van der Waals surface area (Å²) in [5, 5.41) is 0. The molecule has 1 fully saturated rings. The van der Waals surface area contributed by atoms with Crippen LogP contribution in [0.25, 0.3) is 11.6 Å². The van der Waals surface area contributed by atoms with Crippen LogP contribution in [0.4, 0.5) is 0 Å². The summed E-state index contributed by atoms with van der Waals surface area (Å²) in [7, 11) is -7.02. The first-order chi connectivity index (χ1) is 13.8. The highest BCUT2D eigenvalue weighted by Gasteiger charge is 2.39. The van der Waals surface area contributed by atoms with Gasteiger partial charge >= 0.3 is 4.38 Å². The second-order valence-electron chi connectivity index (χ2n) is 6.93. The Hall–Kier alpha value is -2.22. The van der Waals surface area contributed by atoms with Gasteiger partial charge in [-0.05, 0) is 36.5 Å². The van der Waals surface area contributed by atoms with E-state index in [9.17, 15) is 16.8 Å². The molecule has 158 valence electrons. The van der Waals surface area contributed by atoms with Crippen molar-refractivity contribution in [2.75, 3.05) is 18.6 Å². The van der Waals surface area contributed by atoms with Crippen molar-refractivity contribution in [3.8, 4) is 5.75 Å². The lowest BCUT2D eigenvalue weighted by Crippen LogP contribution is -2.29. The molecule has 0 N–H and O–H groups in total. The fourth-order valence-corrected chi connectivity index (χ4v) is 6.39. The van der Waals surface area contributed by atoms with Crippen LogP contribution in [-0.4, -0.2) is 44.6 Å². The first kappa shape index (κ1) is 23.1. The average molecular weight is 439 g/mol. The van der Waals surface area contributed by atoms with Gasteiger partial charge in [-0.15, -0.1) is 4.79 Å². The predicted octanol–water partition coefficient (Wildman–Crippen LogP) is 3.26. The molecule has 0 atom stereocenters. The molecular weight excluding hydrogens is 412 g/mol. The monoisotopic (exact) mass is 438 g/mol. The van der Waals surface area contributed by atoms with E-state index in [1.165, 1.54) is 25.7 Å². The number of benzene rings is 1. The Bertz CT molecular complexity index is 997. The van der Waals surface area contributed by atoms with Crippen molar-refractivity contribution in [2.45, 2.75) is 32.1 Å². The van der Waals surface area contributed by atoms with Crippen LogP contribution in [0.3, 0.4) is 0 Å². The maximum atomic E-state index is 12.4. The number of methoxy groups -OCH3 is 1. The predicted molar refractivity (Wildman–Crippen MR) is 114 cm³/mol. The van der Waals surface area contributed by atoms with Crippen LogP contribution in [0, 0.1) is 5.92 Å². The molecule has 1 aromatic rings. The first-order valence-corrected chi connectivity index (χ1v) is 12.7.